The number of hydrogen-bond donors (Lipinski definition) is 2. The summed E-state index contributed by atoms with van der Waals surface area (Å²) in [5, 5.41) is 6.53. The molecule has 1 amide bonds. The highest BCUT2D eigenvalue weighted by Crippen LogP contribution is 2.15. The number of nitrogens with two attached hydrogens (primary N) is 1. The zero-order chi connectivity index (χ0) is 12.4. The van der Waals surface area contributed by atoms with Gasteiger partial charge in [-0.2, -0.15) is 5.10 Å². The number of nitrogens with one attached hydrogen (secondary N) is 1. The van der Waals surface area contributed by atoms with Crippen LogP contribution < -0.4 is 11.1 Å². The van der Waals surface area contributed by atoms with Crippen molar-refractivity contribution in [2.24, 2.45) is 7.05 Å². The highest BCUT2D eigenvalue weighted by Gasteiger charge is 2.11. The quantitative estimate of drug-likeness (QED) is 0.771. The first-order chi connectivity index (χ1) is 8.06. The molecule has 2 rings (SSSR count). The van der Waals surface area contributed by atoms with E-state index in [1.807, 2.05) is 0 Å². The summed E-state index contributed by atoms with van der Waals surface area (Å²) in [6.45, 7) is 0. The minimum Gasteiger partial charge on any atom is -0.398 e. The summed E-state index contributed by atoms with van der Waals surface area (Å²) in [6.07, 6.45) is 3.16. The molecule has 0 aliphatic carbocycles. The average Bonchev–Trinajstić information content (AvgIpc) is 2.63. The Morgan fingerprint density at radius 2 is 2.29 bits per heavy atom. The van der Waals surface area contributed by atoms with Crippen molar-refractivity contribution < 1.29 is 9.18 Å². The van der Waals surface area contributed by atoms with Crippen molar-refractivity contribution in [2.75, 3.05) is 11.1 Å². The number of anilines is 2. The Morgan fingerprint density at radius 1 is 1.53 bits per heavy atom. The standard InChI is InChI=1S/C11H11FN4O/c1-16-6-8(5-14-16)15-11(17)9-3-2-7(12)4-10(9)13/h2-6H,13H2,1H3,(H,15,17). The van der Waals surface area contributed by atoms with Gasteiger partial charge in [-0.15, -0.1) is 0 Å². The van der Waals surface area contributed by atoms with Gasteiger partial charge < -0.3 is 11.1 Å². The number of benzene rings is 1. The van der Waals surface area contributed by atoms with Gasteiger partial charge in [-0.1, -0.05) is 0 Å². The second-order valence-corrected chi connectivity index (χ2v) is 3.59. The summed E-state index contributed by atoms with van der Waals surface area (Å²) in [7, 11) is 1.74. The maximum absolute atomic E-state index is 12.8. The van der Waals surface area contributed by atoms with Gasteiger partial charge >= 0.3 is 0 Å². The molecular formula is C11H11FN4O. The molecule has 0 aliphatic rings. The molecule has 17 heavy (non-hydrogen) atoms. The second-order valence-electron chi connectivity index (χ2n) is 3.59. The van der Waals surface area contributed by atoms with Gasteiger partial charge in [-0.25, -0.2) is 4.39 Å². The van der Waals surface area contributed by atoms with E-state index in [1.165, 1.54) is 18.3 Å². The van der Waals surface area contributed by atoms with Crippen molar-refractivity contribution in [3.63, 3.8) is 0 Å². The van der Waals surface area contributed by atoms with Crippen LogP contribution in [0.3, 0.4) is 0 Å². The van der Waals surface area contributed by atoms with Gasteiger partial charge in [0, 0.05) is 18.9 Å². The maximum Gasteiger partial charge on any atom is 0.257 e. The minimum absolute atomic E-state index is 0.103. The highest BCUT2D eigenvalue weighted by molar-refractivity contribution is 6.07. The minimum atomic E-state index is -0.472. The lowest BCUT2D eigenvalue weighted by Crippen LogP contribution is -2.13. The Kier molecular flexibility index (Phi) is 2.78. The van der Waals surface area contributed by atoms with Crippen LogP contribution in [0.5, 0.6) is 0 Å². The van der Waals surface area contributed by atoms with E-state index in [2.05, 4.69) is 10.4 Å². The fourth-order valence-corrected chi connectivity index (χ4v) is 1.42. The molecule has 0 saturated heterocycles. The predicted molar refractivity (Wildman–Crippen MR) is 62.0 cm³/mol. The van der Waals surface area contributed by atoms with E-state index in [0.717, 1.165) is 6.07 Å². The zero-order valence-electron chi connectivity index (χ0n) is 9.14. The molecule has 2 aromatic rings. The second kappa shape index (κ2) is 4.25. The summed E-state index contributed by atoms with van der Waals surface area (Å²) < 4.78 is 14.4. The fourth-order valence-electron chi connectivity index (χ4n) is 1.42. The van der Waals surface area contributed by atoms with E-state index in [9.17, 15) is 9.18 Å². The van der Waals surface area contributed by atoms with E-state index in [-0.39, 0.29) is 11.3 Å². The summed E-state index contributed by atoms with van der Waals surface area (Å²) in [5.74, 6) is -0.865. The summed E-state index contributed by atoms with van der Waals surface area (Å²) in [6, 6.07) is 3.64. The average molecular weight is 234 g/mol. The van der Waals surface area contributed by atoms with Crippen LogP contribution in [0.2, 0.25) is 0 Å². The Bertz CT molecular complexity index is 564. The predicted octanol–water partition coefficient (Wildman–Crippen LogP) is 1.39. The third-order valence-corrected chi connectivity index (χ3v) is 2.22. The summed E-state index contributed by atoms with van der Waals surface area (Å²) >= 11 is 0. The summed E-state index contributed by atoms with van der Waals surface area (Å²) in [4.78, 5) is 11.8. The molecule has 0 spiro atoms. The number of carbonyl (C=O) groups excluding carboxylic acids is 1. The van der Waals surface area contributed by atoms with Crippen LogP contribution in [-0.2, 0) is 7.05 Å². The van der Waals surface area contributed by atoms with Gasteiger partial charge in [0.15, 0.2) is 0 Å². The van der Waals surface area contributed by atoms with Gasteiger partial charge in [0.05, 0.1) is 17.4 Å². The number of aryl methyl sites for hydroxylation is 1. The largest absolute Gasteiger partial charge is 0.398 e. The molecule has 0 bridgehead atoms. The monoisotopic (exact) mass is 234 g/mol. The topological polar surface area (TPSA) is 72.9 Å². The van der Waals surface area contributed by atoms with Gasteiger partial charge in [0.2, 0.25) is 0 Å². The molecule has 0 fully saturated rings. The van der Waals surface area contributed by atoms with Crippen molar-refractivity contribution in [1.82, 2.24) is 9.78 Å². The third kappa shape index (κ3) is 2.41. The number of rotatable bonds is 2. The van der Waals surface area contributed by atoms with Crippen molar-refractivity contribution in [3.8, 4) is 0 Å². The van der Waals surface area contributed by atoms with Crippen LogP contribution in [0.4, 0.5) is 15.8 Å². The number of aromatic nitrogens is 2. The number of nitrogens with zero attached hydrogens (tertiary/aromatic N) is 2. The van der Waals surface area contributed by atoms with Crippen LogP contribution in [0.1, 0.15) is 10.4 Å². The molecule has 0 unspecified atom stereocenters. The van der Waals surface area contributed by atoms with Crippen molar-refractivity contribution in [3.05, 3.63) is 42.0 Å². The normalized spacial score (nSPS) is 10.2. The van der Waals surface area contributed by atoms with E-state index < -0.39 is 11.7 Å². The van der Waals surface area contributed by atoms with Gasteiger partial charge in [-0.3, -0.25) is 9.48 Å². The van der Waals surface area contributed by atoms with Crippen LogP contribution in [0.25, 0.3) is 0 Å². The van der Waals surface area contributed by atoms with E-state index >= 15 is 0 Å². The molecule has 0 radical (unpaired) electrons. The first kappa shape index (κ1) is 11.1. The lowest BCUT2D eigenvalue weighted by Gasteiger charge is -2.05. The fraction of sp³-hybridized carbons (Fsp3) is 0.0909. The highest BCUT2D eigenvalue weighted by atomic mass is 19.1. The number of halogens is 1. The van der Waals surface area contributed by atoms with Crippen molar-refractivity contribution >= 4 is 17.3 Å². The number of nitrogen functional groups attached to an aromatic ring is 1. The molecule has 0 aliphatic heterocycles. The van der Waals surface area contributed by atoms with Crippen LogP contribution >= 0.6 is 0 Å². The van der Waals surface area contributed by atoms with Gasteiger partial charge in [0.25, 0.3) is 5.91 Å². The van der Waals surface area contributed by atoms with E-state index in [0.29, 0.717) is 5.69 Å². The van der Waals surface area contributed by atoms with Crippen molar-refractivity contribution in [1.29, 1.82) is 0 Å². The molecule has 0 saturated carbocycles. The molecule has 3 N–H and O–H groups in total. The van der Waals surface area contributed by atoms with Crippen LogP contribution in [0.15, 0.2) is 30.6 Å². The lowest BCUT2D eigenvalue weighted by molar-refractivity contribution is 0.102. The van der Waals surface area contributed by atoms with E-state index in [1.54, 1.807) is 17.9 Å². The van der Waals surface area contributed by atoms with Crippen LogP contribution in [-0.4, -0.2) is 15.7 Å². The smallest absolute Gasteiger partial charge is 0.257 e. The molecule has 6 heteroatoms. The Morgan fingerprint density at radius 3 is 2.88 bits per heavy atom. The first-order valence-corrected chi connectivity index (χ1v) is 4.91. The molecule has 1 heterocycles. The van der Waals surface area contributed by atoms with Gasteiger partial charge in [0.1, 0.15) is 5.82 Å². The van der Waals surface area contributed by atoms with E-state index in [4.69, 9.17) is 5.73 Å². The molecular weight excluding hydrogens is 223 g/mol. The molecule has 0 atom stereocenters. The Hall–Kier alpha value is -2.37. The molecule has 1 aromatic carbocycles. The molecule has 88 valence electrons. The lowest BCUT2D eigenvalue weighted by atomic mass is 10.1. The number of carbonyl (C=O) groups is 1. The van der Waals surface area contributed by atoms with Gasteiger partial charge in [-0.05, 0) is 18.2 Å². The Balaban J connectivity index is 2.20. The SMILES string of the molecule is Cn1cc(NC(=O)c2ccc(F)cc2N)cn1. The summed E-state index contributed by atoms with van der Waals surface area (Å²) in [5.41, 5.74) is 6.45. The Labute approximate surface area is 97.0 Å². The van der Waals surface area contributed by atoms with Crippen LogP contribution in [0, 0.1) is 5.82 Å². The maximum atomic E-state index is 12.8. The first-order valence-electron chi connectivity index (χ1n) is 4.91. The zero-order valence-corrected chi connectivity index (χ0v) is 9.14. The number of amides is 1. The van der Waals surface area contributed by atoms with Crippen molar-refractivity contribution in [2.45, 2.75) is 0 Å². The number of hydrogen-bond acceptors (Lipinski definition) is 3. The molecule has 5 nitrogen and oxygen atoms in total. The third-order valence-electron chi connectivity index (χ3n) is 2.22. The molecule has 1 aromatic heterocycles.